The molecule has 1 atom stereocenters. The van der Waals surface area contributed by atoms with E-state index < -0.39 is 0 Å². The van der Waals surface area contributed by atoms with Crippen molar-refractivity contribution >= 4 is 23.2 Å². The van der Waals surface area contributed by atoms with E-state index in [1.165, 1.54) is 4.88 Å². The maximum Gasteiger partial charge on any atom is 0.320 e. The second kappa shape index (κ2) is 6.08. The predicted octanol–water partition coefficient (Wildman–Crippen LogP) is 3.02. The number of thiazole rings is 1. The normalized spacial score (nSPS) is 15.6. The molecule has 2 aromatic heterocycles. The highest BCUT2D eigenvalue weighted by atomic mass is 32.1. The zero-order chi connectivity index (χ0) is 15.7. The molecule has 2 heterocycles. The maximum absolute atomic E-state index is 12.3. The third-order valence-corrected chi connectivity index (χ3v) is 4.82. The summed E-state index contributed by atoms with van der Waals surface area (Å²) in [5.74, 6) is 1.22. The van der Waals surface area contributed by atoms with Crippen molar-refractivity contribution in [2.75, 3.05) is 5.32 Å². The van der Waals surface area contributed by atoms with Gasteiger partial charge < -0.3 is 5.32 Å². The van der Waals surface area contributed by atoms with Crippen LogP contribution in [0.1, 0.15) is 41.4 Å². The number of carbonyl (C=O) groups is 1. The van der Waals surface area contributed by atoms with Crippen LogP contribution in [0.4, 0.5) is 10.6 Å². The monoisotopic (exact) mass is 319 g/mol. The summed E-state index contributed by atoms with van der Waals surface area (Å²) in [7, 11) is 1.83. The average molecular weight is 319 g/mol. The van der Waals surface area contributed by atoms with Crippen molar-refractivity contribution in [3.63, 3.8) is 0 Å². The second-order valence-corrected chi connectivity index (χ2v) is 6.99. The van der Waals surface area contributed by atoms with Gasteiger partial charge in [0, 0.05) is 24.2 Å². The first-order chi connectivity index (χ1) is 10.6. The molecule has 0 bridgehead atoms. The average Bonchev–Trinajstić information content (AvgIpc) is 3.15. The summed E-state index contributed by atoms with van der Waals surface area (Å²) in [5, 5.41) is 11.3. The first kappa shape index (κ1) is 15.0. The van der Waals surface area contributed by atoms with Gasteiger partial charge in [0.25, 0.3) is 0 Å². The van der Waals surface area contributed by atoms with E-state index in [1.54, 1.807) is 16.0 Å². The Morgan fingerprint density at radius 3 is 2.86 bits per heavy atom. The standard InChI is InChI=1S/C15H21N5OS/c1-4-11-7-12(20(3)19-11)17-15(21)18-13(10-5-6-10)14-16-8-9(2)22-14/h7-8,10,13H,4-6H2,1-3H3,(H2,17,18,21)/t13-/m1/s1. The van der Waals surface area contributed by atoms with Crippen LogP contribution in [-0.2, 0) is 13.5 Å². The number of urea groups is 1. The summed E-state index contributed by atoms with van der Waals surface area (Å²) in [6.07, 6.45) is 5.01. The van der Waals surface area contributed by atoms with E-state index in [-0.39, 0.29) is 12.1 Å². The minimum atomic E-state index is -0.199. The molecule has 118 valence electrons. The van der Waals surface area contributed by atoms with Crippen molar-refractivity contribution < 1.29 is 4.79 Å². The Labute approximate surface area is 133 Å². The zero-order valence-electron chi connectivity index (χ0n) is 13.1. The summed E-state index contributed by atoms with van der Waals surface area (Å²) in [5.41, 5.74) is 0.965. The van der Waals surface area contributed by atoms with Crippen molar-refractivity contribution in [3.8, 4) is 0 Å². The topological polar surface area (TPSA) is 71.8 Å². The van der Waals surface area contributed by atoms with Gasteiger partial charge in [0.1, 0.15) is 10.8 Å². The molecule has 0 spiro atoms. The number of aromatic nitrogens is 3. The molecule has 2 amide bonds. The van der Waals surface area contributed by atoms with Crippen LogP contribution in [0.2, 0.25) is 0 Å². The number of carbonyl (C=O) groups excluding carboxylic acids is 1. The Kier molecular flexibility index (Phi) is 4.15. The molecule has 0 saturated heterocycles. The van der Waals surface area contributed by atoms with Gasteiger partial charge in [-0.2, -0.15) is 5.10 Å². The Morgan fingerprint density at radius 1 is 1.55 bits per heavy atom. The van der Waals surface area contributed by atoms with Gasteiger partial charge in [-0.05, 0) is 32.1 Å². The molecule has 1 aliphatic carbocycles. The summed E-state index contributed by atoms with van der Waals surface area (Å²) >= 11 is 1.65. The lowest BCUT2D eigenvalue weighted by molar-refractivity contribution is 0.247. The van der Waals surface area contributed by atoms with Gasteiger partial charge in [0.05, 0.1) is 11.7 Å². The predicted molar refractivity (Wildman–Crippen MR) is 87.1 cm³/mol. The third-order valence-electron chi connectivity index (χ3n) is 3.82. The minimum Gasteiger partial charge on any atom is -0.328 e. The highest BCUT2D eigenvalue weighted by molar-refractivity contribution is 7.11. The van der Waals surface area contributed by atoms with Gasteiger partial charge in [0.2, 0.25) is 0 Å². The number of nitrogens with zero attached hydrogens (tertiary/aromatic N) is 3. The van der Waals surface area contributed by atoms with Gasteiger partial charge in [0.15, 0.2) is 0 Å². The second-order valence-electron chi connectivity index (χ2n) is 5.72. The summed E-state index contributed by atoms with van der Waals surface area (Å²) in [4.78, 5) is 17.9. The quantitative estimate of drug-likeness (QED) is 0.890. The van der Waals surface area contributed by atoms with E-state index in [9.17, 15) is 4.79 Å². The number of aryl methyl sites for hydroxylation is 3. The lowest BCUT2D eigenvalue weighted by Gasteiger charge is -2.16. The molecule has 7 heteroatoms. The van der Waals surface area contributed by atoms with Crippen LogP contribution in [0.3, 0.4) is 0 Å². The molecule has 1 aliphatic rings. The molecular formula is C15H21N5OS. The highest BCUT2D eigenvalue weighted by Crippen LogP contribution is 2.42. The largest absolute Gasteiger partial charge is 0.328 e. The van der Waals surface area contributed by atoms with Crippen LogP contribution in [0.5, 0.6) is 0 Å². The van der Waals surface area contributed by atoms with Gasteiger partial charge in [-0.25, -0.2) is 9.78 Å². The molecule has 3 rings (SSSR count). The Bertz CT molecular complexity index is 673. The number of anilines is 1. The first-order valence-corrected chi connectivity index (χ1v) is 8.41. The van der Waals surface area contributed by atoms with E-state index in [4.69, 9.17) is 0 Å². The minimum absolute atomic E-state index is 0.0116. The molecule has 1 fully saturated rings. The number of rotatable bonds is 5. The summed E-state index contributed by atoms with van der Waals surface area (Å²) in [6, 6.07) is 1.71. The number of nitrogens with one attached hydrogen (secondary N) is 2. The van der Waals surface area contributed by atoms with E-state index in [2.05, 4.69) is 20.7 Å². The highest BCUT2D eigenvalue weighted by Gasteiger charge is 2.35. The smallest absolute Gasteiger partial charge is 0.320 e. The fourth-order valence-corrected chi connectivity index (χ4v) is 3.36. The van der Waals surface area contributed by atoms with E-state index in [0.717, 1.165) is 30.0 Å². The Morgan fingerprint density at radius 2 is 2.32 bits per heavy atom. The van der Waals surface area contributed by atoms with Gasteiger partial charge in [-0.1, -0.05) is 6.92 Å². The SMILES string of the molecule is CCc1cc(NC(=O)N[C@@H](c2ncc(C)s2)C2CC2)n(C)n1. The van der Waals surface area contributed by atoms with Crippen LogP contribution >= 0.6 is 11.3 Å². The molecule has 0 aromatic carbocycles. The van der Waals surface area contributed by atoms with Crippen molar-refractivity contribution in [1.29, 1.82) is 0 Å². The number of amides is 2. The zero-order valence-corrected chi connectivity index (χ0v) is 13.9. The van der Waals surface area contributed by atoms with Crippen LogP contribution in [0.25, 0.3) is 0 Å². The molecule has 0 radical (unpaired) electrons. The van der Waals surface area contributed by atoms with Gasteiger partial charge in [-0.15, -0.1) is 11.3 Å². The van der Waals surface area contributed by atoms with Gasteiger partial charge >= 0.3 is 6.03 Å². The third kappa shape index (κ3) is 3.30. The lowest BCUT2D eigenvalue weighted by Crippen LogP contribution is -2.34. The summed E-state index contributed by atoms with van der Waals surface area (Å²) in [6.45, 7) is 4.08. The Hall–Kier alpha value is -1.89. The molecule has 1 saturated carbocycles. The molecule has 2 aromatic rings. The molecule has 0 aliphatic heterocycles. The maximum atomic E-state index is 12.3. The fraction of sp³-hybridized carbons (Fsp3) is 0.533. The number of hydrogen-bond acceptors (Lipinski definition) is 4. The summed E-state index contributed by atoms with van der Waals surface area (Å²) < 4.78 is 1.69. The Balaban J connectivity index is 1.67. The molecule has 22 heavy (non-hydrogen) atoms. The van der Waals surface area contributed by atoms with Crippen molar-refractivity contribution in [2.45, 2.75) is 39.2 Å². The molecule has 2 N–H and O–H groups in total. The van der Waals surface area contributed by atoms with E-state index in [1.807, 2.05) is 33.2 Å². The fourth-order valence-electron chi connectivity index (χ4n) is 2.44. The van der Waals surface area contributed by atoms with Crippen LogP contribution in [-0.4, -0.2) is 20.8 Å². The molecule has 0 unspecified atom stereocenters. The number of hydrogen-bond donors (Lipinski definition) is 2. The molecule has 6 nitrogen and oxygen atoms in total. The first-order valence-electron chi connectivity index (χ1n) is 7.59. The van der Waals surface area contributed by atoms with Crippen molar-refractivity contribution in [3.05, 3.63) is 27.8 Å². The van der Waals surface area contributed by atoms with Crippen LogP contribution in [0.15, 0.2) is 12.3 Å². The van der Waals surface area contributed by atoms with Crippen molar-refractivity contribution in [2.24, 2.45) is 13.0 Å². The molecular weight excluding hydrogens is 298 g/mol. The van der Waals surface area contributed by atoms with Crippen LogP contribution < -0.4 is 10.6 Å². The van der Waals surface area contributed by atoms with Crippen LogP contribution in [0, 0.1) is 12.8 Å². The van der Waals surface area contributed by atoms with E-state index >= 15 is 0 Å². The van der Waals surface area contributed by atoms with Gasteiger partial charge in [-0.3, -0.25) is 10.00 Å². The lowest BCUT2D eigenvalue weighted by atomic mass is 10.2. The van der Waals surface area contributed by atoms with E-state index in [0.29, 0.717) is 11.7 Å². The van der Waals surface area contributed by atoms with Crippen molar-refractivity contribution in [1.82, 2.24) is 20.1 Å².